The van der Waals surface area contributed by atoms with Gasteiger partial charge in [-0.1, -0.05) is 6.07 Å². The number of morpholine rings is 1. The molecular weight excluding hydrogens is 264 g/mol. The molecular formula is C12H16N4O4. The molecule has 1 aliphatic rings. The van der Waals surface area contributed by atoms with Gasteiger partial charge in [0.2, 0.25) is 0 Å². The van der Waals surface area contributed by atoms with E-state index in [1.807, 2.05) is 6.92 Å². The molecule has 0 radical (unpaired) electrons. The van der Waals surface area contributed by atoms with Crippen molar-refractivity contribution in [1.29, 1.82) is 0 Å². The minimum Gasteiger partial charge on any atom is -0.375 e. The lowest BCUT2D eigenvalue weighted by Crippen LogP contribution is -2.44. The molecule has 1 unspecified atom stereocenters. The van der Waals surface area contributed by atoms with Crippen LogP contribution in [0.3, 0.4) is 0 Å². The van der Waals surface area contributed by atoms with Gasteiger partial charge < -0.3 is 15.1 Å². The second-order valence-corrected chi connectivity index (χ2v) is 4.53. The Kier molecular flexibility index (Phi) is 4.16. The zero-order valence-corrected chi connectivity index (χ0v) is 11.0. The van der Waals surface area contributed by atoms with E-state index in [0.29, 0.717) is 19.7 Å². The highest BCUT2D eigenvalue weighted by molar-refractivity contribution is 6.01. The van der Waals surface area contributed by atoms with Gasteiger partial charge in [-0.15, -0.1) is 0 Å². The molecule has 0 aliphatic carbocycles. The van der Waals surface area contributed by atoms with E-state index in [0.717, 1.165) is 0 Å². The molecule has 1 heterocycles. The molecule has 0 saturated carbocycles. The number of carbonyl (C=O) groups is 1. The number of benzene rings is 1. The van der Waals surface area contributed by atoms with Crippen LogP contribution in [-0.4, -0.2) is 41.5 Å². The predicted molar refractivity (Wildman–Crippen MR) is 72.2 cm³/mol. The molecule has 20 heavy (non-hydrogen) atoms. The fraction of sp³-hybridized carbons (Fsp3) is 0.417. The van der Waals surface area contributed by atoms with E-state index < -0.39 is 4.92 Å². The zero-order valence-electron chi connectivity index (χ0n) is 11.0. The van der Waals surface area contributed by atoms with Crippen LogP contribution in [0.4, 0.5) is 11.4 Å². The number of hydrogen-bond donors (Lipinski definition) is 2. The molecule has 3 N–H and O–H groups in total. The maximum absolute atomic E-state index is 12.5. The highest BCUT2D eigenvalue weighted by Gasteiger charge is 2.27. The third-order valence-corrected chi connectivity index (χ3v) is 3.14. The molecule has 1 saturated heterocycles. The van der Waals surface area contributed by atoms with E-state index in [-0.39, 0.29) is 28.9 Å². The summed E-state index contributed by atoms with van der Waals surface area (Å²) < 4.78 is 5.37. The Bertz CT molecular complexity index is 534. The summed E-state index contributed by atoms with van der Waals surface area (Å²) in [6.07, 6.45) is -0.0549. The van der Waals surface area contributed by atoms with Crippen LogP contribution >= 0.6 is 0 Å². The summed E-state index contributed by atoms with van der Waals surface area (Å²) in [5.41, 5.74) is 2.25. The van der Waals surface area contributed by atoms with Crippen LogP contribution in [0.25, 0.3) is 0 Å². The van der Waals surface area contributed by atoms with Crippen molar-refractivity contribution in [3.05, 3.63) is 33.9 Å². The third kappa shape index (κ3) is 2.70. The second-order valence-electron chi connectivity index (χ2n) is 4.53. The molecule has 8 heteroatoms. The summed E-state index contributed by atoms with van der Waals surface area (Å²) in [6, 6.07) is 4.29. The van der Waals surface area contributed by atoms with Gasteiger partial charge in [-0.2, -0.15) is 0 Å². The lowest BCUT2D eigenvalue weighted by Gasteiger charge is -2.31. The molecule has 8 nitrogen and oxygen atoms in total. The van der Waals surface area contributed by atoms with Crippen LogP contribution in [0.5, 0.6) is 0 Å². The Morgan fingerprint density at radius 2 is 2.35 bits per heavy atom. The van der Waals surface area contributed by atoms with Gasteiger partial charge in [0.25, 0.3) is 11.6 Å². The summed E-state index contributed by atoms with van der Waals surface area (Å²) in [7, 11) is 0. The van der Waals surface area contributed by atoms with Gasteiger partial charge in [-0.25, -0.2) is 0 Å². The molecule has 0 aromatic heterocycles. The summed E-state index contributed by atoms with van der Waals surface area (Å²) in [6.45, 7) is 3.23. The number of nitro benzene ring substituents is 1. The normalized spacial score (nSPS) is 18.7. The van der Waals surface area contributed by atoms with Gasteiger partial charge in [0, 0.05) is 19.2 Å². The third-order valence-electron chi connectivity index (χ3n) is 3.14. The van der Waals surface area contributed by atoms with Gasteiger partial charge >= 0.3 is 0 Å². The van der Waals surface area contributed by atoms with Gasteiger partial charge in [-0.3, -0.25) is 20.8 Å². The Labute approximate surface area is 115 Å². The Morgan fingerprint density at radius 1 is 1.60 bits per heavy atom. The van der Waals surface area contributed by atoms with E-state index in [1.54, 1.807) is 4.90 Å². The summed E-state index contributed by atoms with van der Waals surface area (Å²) in [4.78, 5) is 24.4. The minimum absolute atomic E-state index is 0.0293. The maximum Gasteiger partial charge on any atom is 0.294 e. The molecule has 2 rings (SSSR count). The van der Waals surface area contributed by atoms with E-state index in [4.69, 9.17) is 10.6 Å². The number of amides is 1. The SMILES string of the molecule is CC1CN(C(=O)c2cccc([N+](=O)[O-])c2NN)CCO1. The summed E-state index contributed by atoms with van der Waals surface area (Å²) in [5, 5.41) is 10.9. The van der Waals surface area contributed by atoms with E-state index in [9.17, 15) is 14.9 Å². The number of hydrazine groups is 1. The lowest BCUT2D eigenvalue weighted by molar-refractivity contribution is -0.384. The van der Waals surface area contributed by atoms with E-state index in [2.05, 4.69) is 5.43 Å². The monoisotopic (exact) mass is 280 g/mol. The second kappa shape index (κ2) is 5.85. The van der Waals surface area contributed by atoms with E-state index in [1.165, 1.54) is 18.2 Å². The average molecular weight is 280 g/mol. The summed E-state index contributed by atoms with van der Waals surface area (Å²) >= 11 is 0. The number of ether oxygens (including phenoxy) is 1. The van der Waals surface area contributed by atoms with Gasteiger partial charge in [-0.05, 0) is 13.0 Å². The molecule has 1 aliphatic heterocycles. The Balaban J connectivity index is 2.34. The molecule has 1 atom stereocenters. The van der Waals surface area contributed by atoms with Crippen molar-refractivity contribution in [2.24, 2.45) is 5.84 Å². The first-order valence-electron chi connectivity index (χ1n) is 6.19. The number of para-hydroxylation sites is 1. The predicted octanol–water partition coefficient (Wildman–Crippen LogP) is 0.741. The number of anilines is 1. The van der Waals surface area contributed by atoms with Crippen molar-refractivity contribution in [2.75, 3.05) is 25.1 Å². The Morgan fingerprint density at radius 3 is 2.95 bits per heavy atom. The highest BCUT2D eigenvalue weighted by atomic mass is 16.6. The van der Waals surface area contributed by atoms with Gasteiger partial charge in [0.05, 0.1) is 23.2 Å². The van der Waals surface area contributed by atoms with Crippen molar-refractivity contribution in [3.8, 4) is 0 Å². The van der Waals surface area contributed by atoms with Crippen molar-refractivity contribution in [3.63, 3.8) is 0 Å². The maximum atomic E-state index is 12.5. The topological polar surface area (TPSA) is 111 Å². The molecule has 1 amide bonds. The van der Waals surface area contributed by atoms with Crippen LogP contribution in [0, 0.1) is 10.1 Å². The first kappa shape index (κ1) is 14.2. The number of nitrogens with two attached hydrogens (primary N) is 1. The molecule has 0 spiro atoms. The minimum atomic E-state index is -0.575. The number of hydrogen-bond acceptors (Lipinski definition) is 6. The van der Waals surface area contributed by atoms with Crippen LogP contribution in [0.1, 0.15) is 17.3 Å². The number of nitrogen functional groups attached to an aromatic ring is 1. The van der Waals surface area contributed by atoms with Crippen molar-refractivity contribution < 1.29 is 14.5 Å². The number of nitrogens with zero attached hydrogens (tertiary/aromatic N) is 2. The molecule has 1 aromatic rings. The molecule has 1 fully saturated rings. The first-order valence-corrected chi connectivity index (χ1v) is 6.19. The fourth-order valence-electron chi connectivity index (χ4n) is 2.20. The molecule has 1 aromatic carbocycles. The lowest BCUT2D eigenvalue weighted by atomic mass is 10.1. The largest absolute Gasteiger partial charge is 0.375 e. The zero-order chi connectivity index (χ0) is 14.7. The fourth-order valence-corrected chi connectivity index (χ4v) is 2.20. The number of rotatable bonds is 3. The Hall–Kier alpha value is -2.19. The van der Waals surface area contributed by atoms with Crippen LogP contribution in [0.15, 0.2) is 18.2 Å². The highest BCUT2D eigenvalue weighted by Crippen LogP contribution is 2.28. The quantitative estimate of drug-likeness (QED) is 0.480. The number of carbonyl (C=O) groups excluding carboxylic acids is 1. The summed E-state index contributed by atoms with van der Waals surface area (Å²) in [5.74, 6) is 5.04. The first-order chi connectivity index (χ1) is 9.54. The smallest absolute Gasteiger partial charge is 0.294 e. The molecule has 108 valence electrons. The number of nitro groups is 1. The van der Waals surface area contributed by atoms with Crippen molar-refractivity contribution in [2.45, 2.75) is 13.0 Å². The average Bonchev–Trinajstić information content (AvgIpc) is 2.45. The standard InChI is InChI=1S/C12H16N4O4/c1-8-7-15(5-6-20-8)12(17)9-3-2-4-10(16(18)19)11(9)14-13/h2-4,8,14H,5-7,13H2,1H3. The van der Waals surface area contributed by atoms with Crippen LogP contribution in [-0.2, 0) is 4.74 Å². The van der Waals surface area contributed by atoms with Crippen molar-refractivity contribution >= 4 is 17.3 Å². The van der Waals surface area contributed by atoms with Gasteiger partial charge in [0.15, 0.2) is 0 Å². The van der Waals surface area contributed by atoms with Crippen LogP contribution < -0.4 is 11.3 Å². The van der Waals surface area contributed by atoms with E-state index >= 15 is 0 Å². The number of nitrogens with one attached hydrogen (secondary N) is 1. The van der Waals surface area contributed by atoms with Gasteiger partial charge in [0.1, 0.15) is 5.69 Å². The van der Waals surface area contributed by atoms with Crippen molar-refractivity contribution in [1.82, 2.24) is 4.90 Å². The van der Waals surface area contributed by atoms with Crippen LogP contribution in [0.2, 0.25) is 0 Å². The molecule has 0 bridgehead atoms.